The van der Waals surface area contributed by atoms with Gasteiger partial charge in [0.2, 0.25) is 29.3 Å². The molecule has 5 rings (SSSR count). The number of nitrogens with zero attached hydrogens (tertiary/aromatic N) is 6. The van der Waals surface area contributed by atoms with Crippen molar-refractivity contribution in [1.82, 2.24) is 24.9 Å². The molecule has 4 heterocycles. The Morgan fingerprint density at radius 2 is 2.02 bits per heavy atom. The van der Waals surface area contributed by atoms with Crippen LogP contribution in [0.4, 0.5) is 8.78 Å². The highest BCUT2D eigenvalue weighted by Gasteiger charge is 2.36. The molecule has 2 aliphatic rings. The number of alkyl halides is 1. The zero-order chi connectivity index (χ0) is 32.3. The first kappa shape index (κ1) is 32.0. The van der Waals surface area contributed by atoms with Crippen LogP contribution < -0.4 is 9.47 Å². The summed E-state index contributed by atoms with van der Waals surface area (Å²) in [4.78, 5) is 25.1. The lowest BCUT2D eigenvalue weighted by atomic mass is 9.81. The van der Waals surface area contributed by atoms with Crippen molar-refractivity contribution in [2.24, 2.45) is 0 Å². The van der Waals surface area contributed by atoms with Crippen LogP contribution in [-0.4, -0.2) is 81.4 Å². The Morgan fingerprint density at radius 1 is 1.27 bits per heavy atom. The van der Waals surface area contributed by atoms with Gasteiger partial charge in [-0.1, -0.05) is 29.9 Å². The summed E-state index contributed by atoms with van der Waals surface area (Å²) >= 11 is 0. The molecule has 238 valence electrons. The van der Waals surface area contributed by atoms with Crippen LogP contribution in [0.2, 0.25) is 0 Å². The normalized spacial score (nSPS) is 22.9. The number of carbonyl (C=O) groups is 1. The van der Waals surface area contributed by atoms with Crippen LogP contribution in [0, 0.1) is 17.1 Å². The van der Waals surface area contributed by atoms with Crippen molar-refractivity contribution < 1.29 is 27.6 Å². The molecule has 2 fully saturated rings. The molecule has 12 heteroatoms. The van der Waals surface area contributed by atoms with Crippen molar-refractivity contribution in [2.75, 3.05) is 20.1 Å². The lowest BCUT2D eigenvalue weighted by Gasteiger charge is -2.37. The van der Waals surface area contributed by atoms with E-state index >= 15 is 0 Å². The number of rotatable bonds is 10. The molecule has 5 atom stereocenters. The van der Waals surface area contributed by atoms with Gasteiger partial charge in [0.15, 0.2) is 0 Å². The van der Waals surface area contributed by atoms with E-state index < -0.39 is 17.7 Å². The van der Waals surface area contributed by atoms with E-state index in [0.717, 1.165) is 0 Å². The summed E-state index contributed by atoms with van der Waals surface area (Å²) in [5.74, 6) is 0.209. The molecule has 0 N–H and O–H groups in total. The highest BCUT2D eigenvalue weighted by atomic mass is 19.1. The van der Waals surface area contributed by atoms with Crippen molar-refractivity contribution in [2.45, 2.75) is 82.3 Å². The standard InChI is InChI=1S/C33H38F2N6O4/c1-6-31(42)41-14-12-23(16-22(41)11-13-36)44-30-18-29(43-20(2)26-15-21(34)19-40(26)5)37-32(38-30)27-17-28(39-45-27)33(3,4)24-9-7-8-10-25(24)35/h6-10,17-18,20-23,26H,1,11-12,14-16,19H2,2-5H3/t20-,21+,22+,23-,26-/m0/s1. The molecule has 10 nitrogen and oxygen atoms in total. The Hall–Kier alpha value is -4.37. The van der Waals surface area contributed by atoms with Gasteiger partial charge < -0.3 is 18.9 Å². The molecular formula is C33H38F2N6O4. The van der Waals surface area contributed by atoms with E-state index in [1.165, 1.54) is 12.1 Å². The average Bonchev–Trinajstić information content (AvgIpc) is 3.64. The first-order chi connectivity index (χ1) is 21.5. The van der Waals surface area contributed by atoms with Crippen molar-refractivity contribution >= 4 is 5.91 Å². The molecule has 0 aliphatic carbocycles. The number of piperidine rings is 1. The molecule has 0 saturated carbocycles. The fraction of sp³-hybridized carbons (Fsp3) is 0.485. The Labute approximate surface area is 261 Å². The number of ether oxygens (including phenoxy) is 2. The van der Waals surface area contributed by atoms with Crippen molar-refractivity contribution in [1.29, 1.82) is 5.26 Å². The third-order valence-corrected chi connectivity index (χ3v) is 8.73. The maximum atomic E-state index is 14.7. The first-order valence-electron chi connectivity index (χ1n) is 15.1. The number of hydrogen-bond acceptors (Lipinski definition) is 9. The molecule has 1 amide bonds. The summed E-state index contributed by atoms with van der Waals surface area (Å²) < 4.78 is 47.1. The summed E-state index contributed by atoms with van der Waals surface area (Å²) in [6.45, 7) is 9.86. The smallest absolute Gasteiger partial charge is 0.246 e. The van der Waals surface area contributed by atoms with E-state index in [1.807, 2.05) is 32.7 Å². The average molecular weight is 621 g/mol. The molecule has 2 aromatic heterocycles. The zero-order valence-corrected chi connectivity index (χ0v) is 26.0. The van der Waals surface area contributed by atoms with Crippen molar-refractivity contribution in [3.63, 3.8) is 0 Å². The maximum absolute atomic E-state index is 14.7. The number of hydrogen-bond donors (Lipinski definition) is 0. The van der Waals surface area contributed by atoms with Gasteiger partial charge in [-0.25, -0.2) is 8.78 Å². The van der Waals surface area contributed by atoms with Crippen molar-refractivity contribution in [3.05, 3.63) is 66.1 Å². The number of nitriles is 1. The fourth-order valence-corrected chi connectivity index (χ4v) is 6.20. The minimum Gasteiger partial charge on any atom is -0.474 e. The molecule has 0 radical (unpaired) electrons. The van der Waals surface area contributed by atoms with Gasteiger partial charge in [-0.3, -0.25) is 9.69 Å². The van der Waals surface area contributed by atoms with Gasteiger partial charge in [0, 0.05) is 49.5 Å². The molecule has 45 heavy (non-hydrogen) atoms. The van der Waals surface area contributed by atoms with Gasteiger partial charge >= 0.3 is 0 Å². The maximum Gasteiger partial charge on any atom is 0.246 e. The van der Waals surface area contributed by atoms with Crippen LogP contribution in [0.5, 0.6) is 11.8 Å². The minimum absolute atomic E-state index is 0.147. The van der Waals surface area contributed by atoms with Gasteiger partial charge in [-0.15, -0.1) is 0 Å². The predicted molar refractivity (Wildman–Crippen MR) is 162 cm³/mol. The molecular weight excluding hydrogens is 582 g/mol. The number of likely N-dealkylation sites (tertiary alicyclic amines) is 2. The lowest BCUT2D eigenvalue weighted by molar-refractivity contribution is -0.130. The van der Waals surface area contributed by atoms with E-state index in [0.29, 0.717) is 43.6 Å². The summed E-state index contributed by atoms with van der Waals surface area (Å²) in [5, 5.41) is 13.6. The van der Waals surface area contributed by atoms with Crippen LogP contribution in [0.25, 0.3) is 11.6 Å². The summed E-state index contributed by atoms with van der Waals surface area (Å²) in [6.07, 6.45) is 1.01. The van der Waals surface area contributed by atoms with Crippen LogP contribution >= 0.6 is 0 Å². The number of amides is 1. The Balaban J connectivity index is 1.44. The van der Waals surface area contributed by atoms with Crippen LogP contribution in [0.15, 0.2) is 53.6 Å². The first-order valence-corrected chi connectivity index (χ1v) is 15.1. The molecule has 0 unspecified atom stereocenters. The van der Waals surface area contributed by atoms with E-state index in [-0.39, 0.29) is 59.7 Å². The Bertz CT molecular complexity index is 1570. The third kappa shape index (κ3) is 6.99. The van der Waals surface area contributed by atoms with Gasteiger partial charge in [0.25, 0.3) is 0 Å². The van der Waals surface area contributed by atoms with Crippen LogP contribution in [-0.2, 0) is 10.2 Å². The third-order valence-electron chi connectivity index (χ3n) is 8.73. The summed E-state index contributed by atoms with van der Waals surface area (Å²) in [6, 6.07) is 11.4. The second kappa shape index (κ2) is 13.3. The molecule has 0 spiro atoms. The minimum atomic E-state index is -0.934. The Kier molecular flexibility index (Phi) is 9.48. The number of likely N-dealkylation sites (N-methyl/N-ethyl adjacent to an activating group) is 1. The van der Waals surface area contributed by atoms with Crippen molar-refractivity contribution in [3.8, 4) is 29.4 Å². The van der Waals surface area contributed by atoms with Crippen LogP contribution in [0.1, 0.15) is 57.7 Å². The highest BCUT2D eigenvalue weighted by molar-refractivity contribution is 5.87. The Morgan fingerprint density at radius 3 is 2.71 bits per heavy atom. The van der Waals surface area contributed by atoms with Gasteiger partial charge in [0.05, 0.1) is 24.3 Å². The lowest BCUT2D eigenvalue weighted by Crippen LogP contribution is -2.48. The number of carbonyl (C=O) groups excluding carboxylic acids is 1. The quantitative estimate of drug-likeness (QED) is 0.280. The summed E-state index contributed by atoms with van der Waals surface area (Å²) in [5.41, 5.74) is 0.117. The monoisotopic (exact) mass is 620 g/mol. The molecule has 3 aromatic rings. The number of aromatic nitrogens is 3. The highest BCUT2D eigenvalue weighted by Crippen LogP contribution is 2.35. The predicted octanol–water partition coefficient (Wildman–Crippen LogP) is 5.24. The second-order valence-electron chi connectivity index (χ2n) is 12.2. The molecule has 0 bridgehead atoms. The fourth-order valence-electron chi connectivity index (χ4n) is 6.20. The second-order valence-corrected chi connectivity index (χ2v) is 12.2. The molecule has 2 saturated heterocycles. The largest absolute Gasteiger partial charge is 0.474 e. The van der Waals surface area contributed by atoms with Gasteiger partial charge in [-0.05, 0) is 51.9 Å². The SMILES string of the molecule is C=CC(=O)N1CC[C@H](Oc2cc(O[C@@H](C)[C@@H]3C[C@@H](F)CN3C)nc(-c3cc(C(C)(C)c4ccccc4F)no3)n2)C[C@H]1CC#N. The van der Waals surface area contributed by atoms with Crippen LogP contribution in [0.3, 0.4) is 0 Å². The van der Waals surface area contributed by atoms with Gasteiger partial charge in [0.1, 0.15) is 24.2 Å². The molecule has 2 aliphatic heterocycles. The molecule has 1 aromatic carbocycles. The van der Waals surface area contributed by atoms with E-state index in [4.69, 9.17) is 14.0 Å². The number of benzene rings is 1. The zero-order valence-electron chi connectivity index (χ0n) is 26.0. The summed E-state index contributed by atoms with van der Waals surface area (Å²) in [7, 11) is 1.86. The van der Waals surface area contributed by atoms with E-state index in [1.54, 1.807) is 35.2 Å². The van der Waals surface area contributed by atoms with E-state index in [2.05, 4.69) is 27.8 Å². The topological polar surface area (TPSA) is 118 Å². The number of halogens is 2. The van der Waals surface area contributed by atoms with E-state index in [9.17, 15) is 18.8 Å². The van der Waals surface area contributed by atoms with Gasteiger partial charge in [-0.2, -0.15) is 15.2 Å².